The van der Waals surface area contributed by atoms with Crippen molar-refractivity contribution in [2.75, 3.05) is 13.6 Å². The summed E-state index contributed by atoms with van der Waals surface area (Å²) in [7, 11) is 2.04. The zero-order chi connectivity index (χ0) is 13.7. The highest BCUT2D eigenvalue weighted by Crippen LogP contribution is 2.29. The molecule has 1 saturated carbocycles. The van der Waals surface area contributed by atoms with Crippen LogP contribution in [0.25, 0.3) is 0 Å². The van der Waals surface area contributed by atoms with Gasteiger partial charge in [-0.2, -0.15) is 0 Å². The van der Waals surface area contributed by atoms with E-state index < -0.39 is 0 Å². The first-order valence-corrected chi connectivity index (χ1v) is 8.22. The molecular weight excluding hydrogens is 236 g/mol. The van der Waals surface area contributed by atoms with Crippen molar-refractivity contribution in [2.24, 2.45) is 0 Å². The standard InChI is InChI=1S/C16H30N2O/c1-3-11-16(12-8-13-17-16)15(19)18(2)14-9-6-4-5-7-10-14/h14,17H,3-13H2,1-2H3. The molecule has 110 valence electrons. The molecule has 1 amide bonds. The van der Waals surface area contributed by atoms with Gasteiger partial charge in [-0.05, 0) is 38.6 Å². The number of nitrogens with one attached hydrogen (secondary N) is 1. The summed E-state index contributed by atoms with van der Waals surface area (Å²) >= 11 is 0. The number of hydrogen-bond acceptors (Lipinski definition) is 2. The van der Waals surface area contributed by atoms with Crippen LogP contribution in [0.4, 0.5) is 0 Å². The normalized spacial score (nSPS) is 29.2. The Morgan fingerprint density at radius 1 is 1.21 bits per heavy atom. The number of amides is 1. The van der Waals surface area contributed by atoms with Gasteiger partial charge in [-0.25, -0.2) is 0 Å². The van der Waals surface area contributed by atoms with Gasteiger partial charge in [0, 0.05) is 13.1 Å². The molecule has 3 nitrogen and oxygen atoms in total. The van der Waals surface area contributed by atoms with Crippen molar-refractivity contribution >= 4 is 5.91 Å². The Bertz CT molecular complexity index is 289. The van der Waals surface area contributed by atoms with E-state index in [9.17, 15) is 4.79 Å². The monoisotopic (exact) mass is 266 g/mol. The molecule has 3 heteroatoms. The van der Waals surface area contributed by atoms with Gasteiger partial charge in [0.15, 0.2) is 0 Å². The second-order valence-corrected chi connectivity index (χ2v) is 6.42. The van der Waals surface area contributed by atoms with Gasteiger partial charge in [0.2, 0.25) is 5.91 Å². The van der Waals surface area contributed by atoms with Crippen molar-refractivity contribution in [3.05, 3.63) is 0 Å². The molecule has 1 N–H and O–H groups in total. The molecule has 1 atom stereocenters. The Balaban J connectivity index is 2.03. The van der Waals surface area contributed by atoms with Gasteiger partial charge in [-0.15, -0.1) is 0 Å². The molecular formula is C16H30N2O. The number of carbonyl (C=O) groups is 1. The van der Waals surface area contributed by atoms with Crippen molar-refractivity contribution in [1.29, 1.82) is 0 Å². The predicted octanol–water partition coefficient (Wildman–Crippen LogP) is 3.09. The highest BCUT2D eigenvalue weighted by atomic mass is 16.2. The van der Waals surface area contributed by atoms with E-state index >= 15 is 0 Å². The summed E-state index contributed by atoms with van der Waals surface area (Å²) in [4.78, 5) is 15.0. The zero-order valence-electron chi connectivity index (χ0n) is 12.7. The van der Waals surface area contributed by atoms with Crippen LogP contribution in [0.2, 0.25) is 0 Å². The fourth-order valence-corrected chi connectivity index (χ4v) is 3.88. The molecule has 19 heavy (non-hydrogen) atoms. The fourth-order valence-electron chi connectivity index (χ4n) is 3.88. The Hall–Kier alpha value is -0.570. The van der Waals surface area contributed by atoms with E-state index in [2.05, 4.69) is 17.1 Å². The van der Waals surface area contributed by atoms with E-state index in [4.69, 9.17) is 0 Å². The van der Waals surface area contributed by atoms with Crippen molar-refractivity contribution in [3.63, 3.8) is 0 Å². The molecule has 0 aromatic rings. The molecule has 1 heterocycles. The Morgan fingerprint density at radius 3 is 2.42 bits per heavy atom. The third kappa shape index (κ3) is 3.31. The second-order valence-electron chi connectivity index (χ2n) is 6.42. The summed E-state index contributed by atoms with van der Waals surface area (Å²) in [5.74, 6) is 0.360. The Labute approximate surface area is 118 Å². The predicted molar refractivity (Wildman–Crippen MR) is 79.1 cm³/mol. The lowest BCUT2D eigenvalue weighted by Crippen LogP contribution is -2.56. The molecule has 2 fully saturated rings. The molecule has 1 unspecified atom stereocenters. The zero-order valence-corrected chi connectivity index (χ0v) is 12.7. The van der Waals surface area contributed by atoms with Crippen molar-refractivity contribution in [3.8, 4) is 0 Å². The van der Waals surface area contributed by atoms with E-state index in [-0.39, 0.29) is 5.54 Å². The van der Waals surface area contributed by atoms with Crippen LogP contribution in [-0.2, 0) is 4.79 Å². The summed E-state index contributed by atoms with van der Waals surface area (Å²) in [6.45, 7) is 3.19. The first kappa shape index (κ1) is 14.8. The first-order valence-electron chi connectivity index (χ1n) is 8.22. The Morgan fingerprint density at radius 2 is 1.89 bits per heavy atom. The lowest BCUT2D eigenvalue weighted by Gasteiger charge is -2.36. The maximum absolute atomic E-state index is 12.9. The van der Waals surface area contributed by atoms with Crippen LogP contribution in [0.5, 0.6) is 0 Å². The molecule has 0 spiro atoms. The lowest BCUT2D eigenvalue weighted by molar-refractivity contribution is -0.139. The minimum Gasteiger partial charge on any atom is -0.341 e. The molecule has 0 radical (unpaired) electrons. The summed E-state index contributed by atoms with van der Waals surface area (Å²) in [6.07, 6.45) is 11.9. The smallest absolute Gasteiger partial charge is 0.242 e. The van der Waals surface area contributed by atoms with Crippen molar-refractivity contribution < 1.29 is 4.79 Å². The van der Waals surface area contributed by atoms with Gasteiger partial charge >= 0.3 is 0 Å². The Kier molecular flexibility index (Phi) is 5.26. The second kappa shape index (κ2) is 6.74. The molecule has 0 aromatic carbocycles. The number of likely N-dealkylation sites (N-methyl/N-ethyl adjacent to an activating group) is 1. The average Bonchev–Trinajstić information content (AvgIpc) is 2.73. The molecule has 1 saturated heterocycles. The van der Waals surface area contributed by atoms with E-state index in [1.807, 2.05) is 7.05 Å². The summed E-state index contributed by atoms with van der Waals surface area (Å²) in [5.41, 5.74) is -0.240. The van der Waals surface area contributed by atoms with Crippen LogP contribution < -0.4 is 5.32 Å². The van der Waals surface area contributed by atoms with Crippen LogP contribution in [0.15, 0.2) is 0 Å². The van der Waals surface area contributed by atoms with Gasteiger partial charge in [0.25, 0.3) is 0 Å². The van der Waals surface area contributed by atoms with E-state index in [1.54, 1.807) is 0 Å². The van der Waals surface area contributed by atoms with Gasteiger partial charge in [-0.1, -0.05) is 39.0 Å². The highest BCUT2D eigenvalue weighted by Gasteiger charge is 2.42. The van der Waals surface area contributed by atoms with Gasteiger partial charge in [0.1, 0.15) is 0 Å². The van der Waals surface area contributed by atoms with E-state index in [0.717, 1.165) is 32.2 Å². The third-order valence-corrected chi connectivity index (χ3v) is 5.02. The summed E-state index contributed by atoms with van der Waals surface area (Å²) in [5, 5.41) is 3.52. The molecule has 0 aromatic heterocycles. The summed E-state index contributed by atoms with van der Waals surface area (Å²) < 4.78 is 0. The van der Waals surface area contributed by atoms with E-state index in [0.29, 0.717) is 11.9 Å². The maximum atomic E-state index is 12.9. The minimum absolute atomic E-state index is 0.240. The quantitative estimate of drug-likeness (QED) is 0.793. The summed E-state index contributed by atoms with van der Waals surface area (Å²) in [6, 6.07) is 0.478. The van der Waals surface area contributed by atoms with Crippen LogP contribution >= 0.6 is 0 Å². The van der Waals surface area contributed by atoms with Crippen LogP contribution in [-0.4, -0.2) is 36.0 Å². The van der Waals surface area contributed by atoms with Crippen LogP contribution in [0.3, 0.4) is 0 Å². The van der Waals surface area contributed by atoms with E-state index in [1.165, 1.54) is 38.5 Å². The average molecular weight is 266 g/mol. The maximum Gasteiger partial charge on any atom is 0.242 e. The minimum atomic E-state index is -0.240. The van der Waals surface area contributed by atoms with Gasteiger partial charge in [0.05, 0.1) is 5.54 Å². The SMILES string of the molecule is CCCC1(C(=O)N(C)C2CCCCCC2)CCCN1. The van der Waals surface area contributed by atoms with Crippen LogP contribution in [0.1, 0.15) is 71.1 Å². The topological polar surface area (TPSA) is 32.3 Å². The van der Waals surface area contributed by atoms with Crippen molar-refractivity contribution in [1.82, 2.24) is 10.2 Å². The molecule has 1 aliphatic carbocycles. The van der Waals surface area contributed by atoms with Gasteiger partial charge in [-0.3, -0.25) is 4.79 Å². The molecule has 2 aliphatic rings. The lowest BCUT2D eigenvalue weighted by atomic mass is 9.89. The van der Waals surface area contributed by atoms with Crippen LogP contribution in [0, 0.1) is 0 Å². The molecule has 0 bridgehead atoms. The third-order valence-electron chi connectivity index (χ3n) is 5.02. The number of rotatable bonds is 4. The van der Waals surface area contributed by atoms with Crippen molar-refractivity contribution in [2.45, 2.75) is 82.7 Å². The fraction of sp³-hybridized carbons (Fsp3) is 0.938. The largest absolute Gasteiger partial charge is 0.341 e. The number of hydrogen-bond donors (Lipinski definition) is 1. The molecule has 1 aliphatic heterocycles. The number of carbonyl (C=O) groups excluding carboxylic acids is 1. The highest BCUT2D eigenvalue weighted by molar-refractivity contribution is 5.86. The van der Waals surface area contributed by atoms with Gasteiger partial charge < -0.3 is 10.2 Å². The first-order chi connectivity index (χ1) is 9.19. The number of nitrogens with zero attached hydrogens (tertiary/aromatic N) is 1. The molecule has 2 rings (SSSR count).